The third-order valence-electron chi connectivity index (χ3n) is 4.32. The van der Waals surface area contributed by atoms with Crippen molar-refractivity contribution in [2.75, 3.05) is 19.2 Å². The second-order valence-electron chi connectivity index (χ2n) is 6.26. The summed E-state index contributed by atoms with van der Waals surface area (Å²) in [4.78, 5) is 24.4. The molecule has 2 aromatic heterocycles. The maximum absolute atomic E-state index is 12.5. The molecule has 30 heavy (non-hydrogen) atoms. The van der Waals surface area contributed by atoms with E-state index >= 15 is 0 Å². The molecule has 1 aliphatic rings. The molecule has 0 aliphatic carbocycles. The van der Waals surface area contributed by atoms with E-state index in [9.17, 15) is 9.59 Å². The van der Waals surface area contributed by atoms with Gasteiger partial charge in [0.1, 0.15) is 18.1 Å². The van der Waals surface area contributed by atoms with Crippen molar-refractivity contribution in [3.05, 3.63) is 53.7 Å². The number of benzene rings is 1. The van der Waals surface area contributed by atoms with Crippen molar-refractivity contribution in [3.63, 3.8) is 0 Å². The molecule has 1 aromatic carbocycles. The monoisotopic (exact) mass is 413 g/mol. The molecule has 0 radical (unpaired) electrons. The van der Waals surface area contributed by atoms with Crippen molar-refractivity contribution < 1.29 is 33.0 Å². The Bertz CT molecular complexity index is 1090. The topological polar surface area (TPSA) is 114 Å². The smallest absolute Gasteiger partial charge is 0.360 e. The van der Waals surface area contributed by atoms with Crippen molar-refractivity contribution in [2.24, 2.45) is 0 Å². The lowest BCUT2D eigenvalue weighted by atomic mass is 10.3. The fraction of sp³-hybridized carbons (Fsp3) is 0.250. The Morgan fingerprint density at radius 1 is 1.20 bits per heavy atom. The second-order valence-corrected chi connectivity index (χ2v) is 6.26. The highest BCUT2D eigenvalue weighted by molar-refractivity contribution is 6.05. The number of hydrogen-bond acceptors (Lipinski definition) is 8. The molecule has 1 amide bonds. The van der Waals surface area contributed by atoms with E-state index in [0.29, 0.717) is 29.6 Å². The van der Waals surface area contributed by atoms with Crippen LogP contribution in [0, 0.1) is 0 Å². The van der Waals surface area contributed by atoms with Gasteiger partial charge in [-0.3, -0.25) is 9.48 Å². The van der Waals surface area contributed by atoms with E-state index in [-0.39, 0.29) is 30.5 Å². The summed E-state index contributed by atoms with van der Waals surface area (Å²) in [5, 5.41) is 6.72. The zero-order chi connectivity index (χ0) is 21.1. The van der Waals surface area contributed by atoms with Crippen LogP contribution in [0.2, 0.25) is 0 Å². The Hall–Kier alpha value is -3.95. The Kier molecular flexibility index (Phi) is 5.29. The minimum atomic E-state index is -0.644. The van der Waals surface area contributed by atoms with Crippen molar-refractivity contribution in [1.29, 1.82) is 0 Å². The maximum atomic E-state index is 12.5. The number of furan rings is 1. The average Bonchev–Trinajstić information content (AvgIpc) is 3.50. The zero-order valence-electron chi connectivity index (χ0n) is 16.3. The number of fused-ring (bicyclic) bond motifs is 1. The molecule has 0 saturated heterocycles. The van der Waals surface area contributed by atoms with E-state index in [0.717, 1.165) is 0 Å². The lowest BCUT2D eigenvalue weighted by Crippen LogP contribution is -2.14. The molecule has 10 heteroatoms. The van der Waals surface area contributed by atoms with Crippen molar-refractivity contribution in [2.45, 2.75) is 20.1 Å². The number of amides is 1. The number of ether oxygens (including phenoxy) is 4. The number of carbonyl (C=O) groups excluding carboxylic acids is 2. The van der Waals surface area contributed by atoms with Gasteiger partial charge in [-0.1, -0.05) is 0 Å². The Morgan fingerprint density at radius 2 is 2.03 bits per heavy atom. The van der Waals surface area contributed by atoms with Gasteiger partial charge in [-0.25, -0.2) is 4.79 Å². The molecule has 10 nitrogen and oxygen atoms in total. The molecule has 0 saturated carbocycles. The van der Waals surface area contributed by atoms with Crippen LogP contribution in [0.4, 0.5) is 5.69 Å². The van der Waals surface area contributed by atoms with Gasteiger partial charge in [0.25, 0.3) is 5.91 Å². The van der Waals surface area contributed by atoms with E-state index < -0.39 is 11.9 Å². The standard InChI is InChI=1S/C20H19N3O7/c1-3-23-9-14(18(22-23)20(25)26-2)21-19(24)16-7-5-13(30-16)10-27-12-4-6-15-17(8-12)29-11-28-15/h4-9H,3,10-11H2,1-2H3,(H,21,24). The van der Waals surface area contributed by atoms with Crippen LogP contribution in [0.15, 0.2) is 40.9 Å². The summed E-state index contributed by atoms with van der Waals surface area (Å²) < 4.78 is 28.0. The van der Waals surface area contributed by atoms with Crippen LogP contribution in [0.3, 0.4) is 0 Å². The normalized spacial score (nSPS) is 11.9. The van der Waals surface area contributed by atoms with Crippen LogP contribution in [0.1, 0.15) is 33.7 Å². The molecule has 0 unspecified atom stereocenters. The number of methoxy groups -OCH3 is 1. The third kappa shape index (κ3) is 3.93. The summed E-state index contributed by atoms with van der Waals surface area (Å²) in [7, 11) is 1.25. The van der Waals surface area contributed by atoms with Gasteiger partial charge in [-0.15, -0.1) is 0 Å². The van der Waals surface area contributed by atoms with E-state index in [1.807, 2.05) is 6.92 Å². The van der Waals surface area contributed by atoms with Gasteiger partial charge < -0.3 is 28.7 Å². The van der Waals surface area contributed by atoms with E-state index in [1.165, 1.54) is 17.9 Å². The minimum absolute atomic E-state index is 0.0191. The van der Waals surface area contributed by atoms with Gasteiger partial charge in [-0.2, -0.15) is 5.10 Å². The predicted octanol–water partition coefficient (Wildman–Crippen LogP) is 2.84. The summed E-state index contributed by atoms with van der Waals surface area (Å²) in [6.45, 7) is 2.69. The van der Waals surface area contributed by atoms with Crippen LogP contribution in [-0.4, -0.2) is 35.6 Å². The molecular weight excluding hydrogens is 394 g/mol. The van der Waals surface area contributed by atoms with Crippen LogP contribution in [-0.2, 0) is 17.9 Å². The van der Waals surface area contributed by atoms with Gasteiger partial charge in [0, 0.05) is 18.8 Å². The average molecular weight is 413 g/mol. The first kappa shape index (κ1) is 19.4. The SMILES string of the molecule is CCn1cc(NC(=O)c2ccc(COc3ccc4c(c3)OCO4)o2)c(C(=O)OC)n1. The summed E-state index contributed by atoms with van der Waals surface area (Å²) in [6.07, 6.45) is 1.55. The first-order valence-corrected chi connectivity index (χ1v) is 9.15. The Morgan fingerprint density at radius 3 is 2.83 bits per heavy atom. The van der Waals surface area contributed by atoms with Crippen molar-refractivity contribution in [1.82, 2.24) is 9.78 Å². The number of aromatic nitrogens is 2. The molecule has 4 rings (SSSR count). The third-order valence-corrected chi connectivity index (χ3v) is 4.32. The summed E-state index contributed by atoms with van der Waals surface area (Å²) in [6, 6.07) is 8.39. The van der Waals surface area contributed by atoms with E-state index in [4.69, 9.17) is 23.4 Å². The molecule has 3 aromatic rings. The second kappa shape index (κ2) is 8.19. The molecule has 0 spiro atoms. The molecule has 3 heterocycles. The van der Waals surface area contributed by atoms with Crippen LogP contribution >= 0.6 is 0 Å². The summed E-state index contributed by atoms with van der Waals surface area (Å²) in [5.74, 6) is 1.21. The van der Waals surface area contributed by atoms with Gasteiger partial charge in [0.05, 0.1) is 12.8 Å². The largest absolute Gasteiger partial charge is 0.486 e. The van der Waals surface area contributed by atoms with Crippen LogP contribution in [0.25, 0.3) is 0 Å². The fourth-order valence-corrected chi connectivity index (χ4v) is 2.80. The molecule has 0 bridgehead atoms. The highest BCUT2D eigenvalue weighted by Gasteiger charge is 2.21. The molecule has 1 N–H and O–H groups in total. The number of nitrogens with one attached hydrogen (secondary N) is 1. The van der Waals surface area contributed by atoms with Crippen molar-refractivity contribution >= 4 is 17.6 Å². The van der Waals surface area contributed by atoms with Crippen LogP contribution in [0.5, 0.6) is 17.2 Å². The molecule has 0 atom stereocenters. The lowest BCUT2D eigenvalue weighted by Gasteiger charge is -2.05. The Labute approximate surface area is 171 Å². The minimum Gasteiger partial charge on any atom is -0.486 e. The van der Waals surface area contributed by atoms with Gasteiger partial charge in [0.15, 0.2) is 23.0 Å². The summed E-state index contributed by atoms with van der Waals surface area (Å²) in [5.41, 5.74) is 0.258. The predicted molar refractivity (Wildman–Crippen MR) is 103 cm³/mol. The van der Waals surface area contributed by atoms with Gasteiger partial charge in [-0.05, 0) is 31.2 Å². The number of aryl methyl sites for hydroxylation is 1. The number of esters is 1. The number of carbonyl (C=O) groups is 2. The number of anilines is 1. The highest BCUT2D eigenvalue weighted by Crippen LogP contribution is 2.35. The quantitative estimate of drug-likeness (QED) is 0.588. The number of nitrogens with zero attached hydrogens (tertiary/aromatic N) is 2. The first-order chi connectivity index (χ1) is 14.6. The van der Waals surface area contributed by atoms with Gasteiger partial charge >= 0.3 is 5.97 Å². The molecule has 0 fully saturated rings. The lowest BCUT2D eigenvalue weighted by molar-refractivity contribution is 0.0594. The van der Waals surface area contributed by atoms with E-state index in [1.54, 1.807) is 30.5 Å². The molecular formula is C20H19N3O7. The number of hydrogen-bond donors (Lipinski definition) is 1. The zero-order valence-corrected chi connectivity index (χ0v) is 16.3. The molecule has 1 aliphatic heterocycles. The molecule has 156 valence electrons. The number of rotatable bonds is 7. The highest BCUT2D eigenvalue weighted by atomic mass is 16.7. The van der Waals surface area contributed by atoms with Crippen molar-refractivity contribution in [3.8, 4) is 17.2 Å². The van der Waals surface area contributed by atoms with Gasteiger partial charge in [0.2, 0.25) is 6.79 Å². The fourth-order valence-electron chi connectivity index (χ4n) is 2.80. The first-order valence-electron chi connectivity index (χ1n) is 9.15. The Balaban J connectivity index is 1.41. The maximum Gasteiger partial charge on any atom is 0.360 e. The summed E-state index contributed by atoms with van der Waals surface area (Å²) >= 11 is 0. The van der Waals surface area contributed by atoms with E-state index in [2.05, 4.69) is 10.4 Å². The van der Waals surface area contributed by atoms with Crippen LogP contribution < -0.4 is 19.5 Å².